The summed E-state index contributed by atoms with van der Waals surface area (Å²) in [6.45, 7) is 2.50. The Bertz CT molecular complexity index is 624. The molecule has 118 valence electrons. The molecule has 0 spiro atoms. The van der Waals surface area contributed by atoms with E-state index >= 15 is 0 Å². The van der Waals surface area contributed by atoms with E-state index in [-0.39, 0.29) is 12.1 Å². The van der Waals surface area contributed by atoms with Crippen molar-refractivity contribution in [3.8, 4) is 0 Å². The molecule has 4 nitrogen and oxygen atoms in total. The quantitative estimate of drug-likeness (QED) is 0.849. The van der Waals surface area contributed by atoms with Crippen molar-refractivity contribution in [2.45, 2.75) is 30.8 Å². The van der Waals surface area contributed by atoms with Crippen molar-refractivity contribution in [3.63, 3.8) is 0 Å². The average molecular weight is 336 g/mol. The van der Waals surface area contributed by atoms with E-state index in [2.05, 4.69) is 10.6 Å². The molecule has 2 aromatic rings. The highest BCUT2D eigenvalue weighted by Gasteiger charge is 2.13. The Morgan fingerprint density at radius 3 is 2.55 bits per heavy atom. The van der Waals surface area contributed by atoms with Crippen molar-refractivity contribution in [1.29, 1.82) is 0 Å². The molecule has 6 heteroatoms. The van der Waals surface area contributed by atoms with Crippen LogP contribution in [0.25, 0.3) is 0 Å². The van der Waals surface area contributed by atoms with Crippen LogP contribution in [0.1, 0.15) is 29.8 Å². The van der Waals surface area contributed by atoms with Crippen LogP contribution in [-0.2, 0) is 17.3 Å². The lowest BCUT2D eigenvalue weighted by Crippen LogP contribution is -2.37. The summed E-state index contributed by atoms with van der Waals surface area (Å²) in [4.78, 5) is 13.9. The van der Waals surface area contributed by atoms with Gasteiger partial charge in [0.1, 0.15) is 0 Å². The molecule has 0 bridgehead atoms. The molecule has 2 rings (SSSR count). The Morgan fingerprint density at radius 1 is 1.27 bits per heavy atom. The fourth-order valence-corrected chi connectivity index (χ4v) is 3.44. The molecule has 0 aliphatic rings. The zero-order valence-corrected chi connectivity index (χ0v) is 14.3. The summed E-state index contributed by atoms with van der Waals surface area (Å²) >= 11 is 1.65. The highest BCUT2D eigenvalue weighted by molar-refractivity contribution is 7.84. The van der Waals surface area contributed by atoms with Crippen molar-refractivity contribution in [1.82, 2.24) is 10.6 Å². The predicted octanol–water partition coefficient (Wildman–Crippen LogP) is 3.44. The first-order valence-corrected chi connectivity index (χ1v) is 9.54. The third kappa shape index (κ3) is 4.68. The van der Waals surface area contributed by atoms with Crippen molar-refractivity contribution in [3.05, 3.63) is 52.2 Å². The molecular formula is C16H20N2O2S2. The van der Waals surface area contributed by atoms with Crippen molar-refractivity contribution >= 4 is 28.2 Å². The Hall–Kier alpha value is -1.66. The number of carbonyl (C=O) groups is 1. The van der Waals surface area contributed by atoms with Crippen LogP contribution in [0.2, 0.25) is 0 Å². The van der Waals surface area contributed by atoms with E-state index in [0.717, 1.165) is 21.8 Å². The molecule has 22 heavy (non-hydrogen) atoms. The molecule has 0 radical (unpaired) electrons. The van der Waals surface area contributed by atoms with Gasteiger partial charge in [-0.2, -0.15) is 0 Å². The third-order valence-electron chi connectivity index (χ3n) is 3.31. The lowest BCUT2D eigenvalue weighted by Gasteiger charge is -2.16. The summed E-state index contributed by atoms with van der Waals surface area (Å²) < 4.78 is 11.3. The number of benzene rings is 1. The van der Waals surface area contributed by atoms with Gasteiger partial charge in [0.15, 0.2) is 0 Å². The Kier molecular flexibility index (Phi) is 6.15. The summed E-state index contributed by atoms with van der Waals surface area (Å²) in [7, 11) is -0.975. The van der Waals surface area contributed by atoms with Crippen molar-refractivity contribution in [2.24, 2.45) is 0 Å². The van der Waals surface area contributed by atoms with Crippen LogP contribution in [0, 0.1) is 0 Å². The summed E-state index contributed by atoms with van der Waals surface area (Å²) in [6.07, 6.45) is 2.50. The number of carbonyl (C=O) groups excluding carboxylic acids is 1. The molecule has 1 aromatic carbocycles. The van der Waals surface area contributed by atoms with Gasteiger partial charge in [-0.1, -0.05) is 25.1 Å². The molecule has 0 unspecified atom stereocenters. The van der Waals surface area contributed by atoms with Gasteiger partial charge in [-0.25, -0.2) is 4.79 Å². The lowest BCUT2D eigenvalue weighted by atomic mass is 10.2. The van der Waals surface area contributed by atoms with Gasteiger partial charge in [-0.15, -0.1) is 11.3 Å². The second-order valence-electron chi connectivity index (χ2n) is 4.90. The van der Waals surface area contributed by atoms with Gasteiger partial charge in [0.25, 0.3) is 0 Å². The summed E-state index contributed by atoms with van der Waals surface area (Å²) in [5, 5.41) is 7.84. The SMILES string of the molecule is CC[C@@H](NC(=O)NCc1ccc([S@](C)=O)cc1)c1cccs1. The molecule has 2 amide bonds. The molecule has 0 saturated carbocycles. The zero-order valence-electron chi connectivity index (χ0n) is 12.7. The number of nitrogens with one attached hydrogen (secondary N) is 2. The molecule has 2 N–H and O–H groups in total. The third-order valence-corrected chi connectivity index (χ3v) is 5.23. The van der Waals surface area contributed by atoms with E-state index < -0.39 is 10.8 Å². The van der Waals surface area contributed by atoms with E-state index in [4.69, 9.17) is 0 Å². The van der Waals surface area contributed by atoms with Crippen LogP contribution in [0.4, 0.5) is 4.79 Å². The van der Waals surface area contributed by atoms with Crippen molar-refractivity contribution < 1.29 is 9.00 Å². The zero-order chi connectivity index (χ0) is 15.9. The van der Waals surface area contributed by atoms with Crippen molar-refractivity contribution in [2.75, 3.05) is 6.26 Å². The minimum atomic E-state index is -0.975. The maximum absolute atomic E-state index is 12.0. The first kappa shape index (κ1) is 16.7. The fourth-order valence-electron chi connectivity index (χ4n) is 2.05. The maximum Gasteiger partial charge on any atom is 0.315 e. The molecular weight excluding hydrogens is 316 g/mol. The number of amides is 2. The van der Waals surface area contributed by atoms with E-state index in [1.807, 2.05) is 48.7 Å². The number of thiophene rings is 1. The smallest absolute Gasteiger partial charge is 0.315 e. The summed E-state index contributed by atoms with van der Waals surface area (Å²) in [5.41, 5.74) is 0.980. The Morgan fingerprint density at radius 2 is 2.00 bits per heavy atom. The summed E-state index contributed by atoms with van der Waals surface area (Å²) in [5.74, 6) is 0. The normalized spacial score (nSPS) is 13.4. The minimum absolute atomic E-state index is 0.0462. The van der Waals surface area contributed by atoms with Gasteiger partial charge in [0, 0.05) is 33.4 Å². The van der Waals surface area contributed by atoms with E-state index in [1.54, 1.807) is 17.6 Å². The van der Waals surface area contributed by atoms with Crippen LogP contribution in [0.5, 0.6) is 0 Å². The van der Waals surface area contributed by atoms with Crippen LogP contribution in [-0.4, -0.2) is 16.5 Å². The van der Waals surface area contributed by atoms with Gasteiger partial charge in [0.2, 0.25) is 0 Å². The molecule has 0 saturated heterocycles. The van der Waals surface area contributed by atoms with Crippen LogP contribution in [0.15, 0.2) is 46.7 Å². The molecule has 0 aliphatic carbocycles. The molecule has 2 atom stereocenters. The number of hydrogen-bond donors (Lipinski definition) is 2. The van der Waals surface area contributed by atoms with Crippen LogP contribution in [0.3, 0.4) is 0 Å². The van der Waals surface area contributed by atoms with Gasteiger partial charge in [-0.05, 0) is 35.6 Å². The molecule has 1 heterocycles. The van der Waals surface area contributed by atoms with Gasteiger partial charge in [0.05, 0.1) is 6.04 Å². The second-order valence-corrected chi connectivity index (χ2v) is 7.26. The largest absolute Gasteiger partial charge is 0.334 e. The average Bonchev–Trinajstić information content (AvgIpc) is 3.05. The summed E-state index contributed by atoms with van der Waals surface area (Å²) in [6, 6.07) is 11.3. The van der Waals surface area contributed by atoms with Crippen LogP contribution < -0.4 is 10.6 Å². The first-order valence-electron chi connectivity index (χ1n) is 7.10. The number of urea groups is 1. The number of rotatable bonds is 6. The monoisotopic (exact) mass is 336 g/mol. The Balaban J connectivity index is 1.85. The maximum atomic E-state index is 12.0. The second kappa shape index (κ2) is 8.10. The van der Waals surface area contributed by atoms with Gasteiger partial charge >= 0.3 is 6.03 Å². The van der Waals surface area contributed by atoms with Gasteiger partial charge < -0.3 is 10.6 Å². The molecule has 0 fully saturated rings. The topological polar surface area (TPSA) is 58.2 Å². The Labute approximate surface area is 137 Å². The number of hydrogen-bond acceptors (Lipinski definition) is 3. The first-order chi connectivity index (χ1) is 10.6. The highest BCUT2D eigenvalue weighted by atomic mass is 32.2. The molecule has 1 aromatic heterocycles. The van der Waals surface area contributed by atoms with E-state index in [0.29, 0.717) is 6.54 Å². The standard InChI is InChI=1S/C16H20N2O2S2/c1-3-14(15-5-4-10-21-15)18-16(19)17-11-12-6-8-13(9-7-12)22(2)20/h4-10,14H,3,11H2,1-2H3,(H2,17,18,19)/t14-,22+/m1/s1. The lowest BCUT2D eigenvalue weighted by molar-refractivity contribution is 0.236. The van der Waals surface area contributed by atoms with E-state index in [9.17, 15) is 9.00 Å². The van der Waals surface area contributed by atoms with Crippen LogP contribution >= 0.6 is 11.3 Å². The highest BCUT2D eigenvalue weighted by Crippen LogP contribution is 2.21. The predicted molar refractivity (Wildman–Crippen MR) is 91.5 cm³/mol. The molecule has 0 aliphatic heterocycles. The fraction of sp³-hybridized carbons (Fsp3) is 0.312. The minimum Gasteiger partial charge on any atom is -0.334 e. The van der Waals surface area contributed by atoms with E-state index in [1.165, 1.54) is 0 Å². The van der Waals surface area contributed by atoms with Gasteiger partial charge in [-0.3, -0.25) is 4.21 Å².